The molecule has 0 amide bonds. The molecule has 0 radical (unpaired) electrons. The Morgan fingerprint density at radius 3 is 2.80 bits per heavy atom. The molecule has 20 heavy (non-hydrogen) atoms. The van der Waals surface area contributed by atoms with E-state index in [4.69, 9.17) is 4.74 Å². The first kappa shape index (κ1) is 16.5. The van der Waals surface area contributed by atoms with Gasteiger partial charge in [0, 0.05) is 31.3 Å². The maximum Gasteiger partial charge on any atom is 0.274 e. The van der Waals surface area contributed by atoms with Crippen molar-refractivity contribution in [2.24, 2.45) is 0 Å². The molecule has 0 spiro atoms. The number of halogens is 1. The summed E-state index contributed by atoms with van der Waals surface area (Å²) in [5, 5.41) is 13.8. The van der Waals surface area contributed by atoms with Crippen molar-refractivity contribution < 1.29 is 14.1 Å². The summed E-state index contributed by atoms with van der Waals surface area (Å²) in [5.74, 6) is -0.477. The van der Waals surface area contributed by atoms with Crippen LogP contribution in [-0.4, -0.2) is 50.2 Å². The number of hydrogen-bond acceptors (Lipinski definition) is 5. The average Bonchev–Trinajstić information content (AvgIpc) is 2.37. The molecule has 0 saturated carbocycles. The van der Waals surface area contributed by atoms with Crippen molar-refractivity contribution in [3.05, 3.63) is 39.7 Å². The SMILES string of the molecule is CN(C)CCOCCNCc1cc(F)ccc1[N+](=O)[O-]. The maximum absolute atomic E-state index is 13.1. The number of nitro benzene ring substituents is 1. The lowest BCUT2D eigenvalue weighted by atomic mass is 10.1. The Bertz CT molecular complexity index is 441. The molecule has 0 unspecified atom stereocenters. The first-order valence-corrected chi connectivity index (χ1v) is 6.36. The fraction of sp³-hybridized carbons (Fsp3) is 0.538. The highest BCUT2D eigenvalue weighted by Crippen LogP contribution is 2.19. The van der Waals surface area contributed by atoms with Gasteiger partial charge in [-0.15, -0.1) is 0 Å². The minimum Gasteiger partial charge on any atom is -0.379 e. The standard InChI is InChI=1S/C13H20FN3O3/c1-16(2)6-8-20-7-5-15-10-11-9-12(14)3-4-13(11)17(18)19/h3-4,9,15H,5-8,10H2,1-2H3. The predicted molar refractivity (Wildman–Crippen MR) is 74.1 cm³/mol. The minimum absolute atomic E-state index is 0.0765. The lowest BCUT2D eigenvalue weighted by Crippen LogP contribution is -2.23. The van der Waals surface area contributed by atoms with E-state index in [0.717, 1.165) is 12.6 Å². The Labute approximate surface area is 117 Å². The van der Waals surface area contributed by atoms with Crippen LogP contribution < -0.4 is 5.32 Å². The van der Waals surface area contributed by atoms with Crippen molar-refractivity contribution >= 4 is 5.69 Å². The quantitative estimate of drug-likeness (QED) is 0.422. The molecule has 1 rings (SSSR count). The van der Waals surface area contributed by atoms with Crippen LogP contribution in [0.2, 0.25) is 0 Å². The molecule has 0 saturated heterocycles. The smallest absolute Gasteiger partial charge is 0.274 e. The molecule has 1 aromatic carbocycles. The molecule has 0 bridgehead atoms. The van der Waals surface area contributed by atoms with E-state index in [1.54, 1.807) is 0 Å². The second kappa shape index (κ2) is 8.57. The number of nitrogens with zero attached hydrogens (tertiary/aromatic N) is 2. The summed E-state index contributed by atoms with van der Waals surface area (Å²) in [6, 6.07) is 3.45. The van der Waals surface area contributed by atoms with Crippen molar-refractivity contribution in [1.29, 1.82) is 0 Å². The molecule has 0 aliphatic rings. The topological polar surface area (TPSA) is 67.6 Å². The van der Waals surface area contributed by atoms with Crippen LogP contribution in [0.5, 0.6) is 0 Å². The van der Waals surface area contributed by atoms with Crippen LogP contribution >= 0.6 is 0 Å². The van der Waals surface area contributed by atoms with Gasteiger partial charge in [-0.25, -0.2) is 4.39 Å². The molecule has 1 N–H and O–H groups in total. The van der Waals surface area contributed by atoms with E-state index in [0.29, 0.717) is 25.3 Å². The summed E-state index contributed by atoms with van der Waals surface area (Å²) in [4.78, 5) is 12.3. The third-order valence-corrected chi connectivity index (χ3v) is 2.66. The van der Waals surface area contributed by atoms with Crippen molar-refractivity contribution in [2.75, 3.05) is 40.4 Å². The van der Waals surface area contributed by atoms with Gasteiger partial charge in [0.05, 0.1) is 18.1 Å². The van der Waals surface area contributed by atoms with Crippen LogP contribution in [0.15, 0.2) is 18.2 Å². The van der Waals surface area contributed by atoms with Gasteiger partial charge < -0.3 is 15.0 Å². The van der Waals surface area contributed by atoms with E-state index in [1.807, 2.05) is 19.0 Å². The normalized spacial score (nSPS) is 11.0. The molecule has 0 aliphatic carbocycles. The second-order valence-electron chi connectivity index (χ2n) is 4.62. The lowest BCUT2D eigenvalue weighted by Gasteiger charge is -2.10. The van der Waals surface area contributed by atoms with Gasteiger partial charge >= 0.3 is 0 Å². The zero-order valence-electron chi connectivity index (χ0n) is 11.8. The van der Waals surface area contributed by atoms with Gasteiger partial charge in [0.25, 0.3) is 5.69 Å². The van der Waals surface area contributed by atoms with E-state index in [1.165, 1.54) is 12.1 Å². The molecule has 7 heteroatoms. The molecule has 0 heterocycles. The van der Waals surface area contributed by atoms with Gasteiger partial charge in [0.15, 0.2) is 0 Å². The molecular formula is C13H20FN3O3. The molecule has 0 aromatic heterocycles. The van der Waals surface area contributed by atoms with E-state index in [2.05, 4.69) is 5.32 Å². The van der Waals surface area contributed by atoms with Crippen LogP contribution in [0.4, 0.5) is 10.1 Å². The van der Waals surface area contributed by atoms with Crippen molar-refractivity contribution in [1.82, 2.24) is 10.2 Å². The summed E-state index contributed by atoms with van der Waals surface area (Å²) in [6.45, 7) is 2.79. The maximum atomic E-state index is 13.1. The first-order valence-electron chi connectivity index (χ1n) is 6.36. The fourth-order valence-electron chi connectivity index (χ4n) is 1.59. The lowest BCUT2D eigenvalue weighted by molar-refractivity contribution is -0.385. The van der Waals surface area contributed by atoms with Gasteiger partial charge in [-0.05, 0) is 26.2 Å². The van der Waals surface area contributed by atoms with Crippen LogP contribution in [0.25, 0.3) is 0 Å². The van der Waals surface area contributed by atoms with Gasteiger partial charge in [0.1, 0.15) is 5.82 Å². The van der Waals surface area contributed by atoms with E-state index >= 15 is 0 Å². The summed E-state index contributed by atoms with van der Waals surface area (Å²) in [5.41, 5.74) is 0.260. The summed E-state index contributed by atoms with van der Waals surface area (Å²) in [7, 11) is 3.93. The minimum atomic E-state index is -0.510. The Morgan fingerprint density at radius 1 is 1.40 bits per heavy atom. The second-order valence-corrected chi connectivity index (χ2v) is 4.62. The third-order valence-electron chi connectivity index (χ3n) is 2.66. The zero-order valence-corrected chi connectivity index (χ0v) is 11.8. The number of hydrogen-bond donors (Lipinski definition) is 1. The number of ether oxygens (including phenoxy) is 1. The summed E-state index contributed by atoms with van der Waals surface area (Å²) < 4.78 is 18.5. The van der Waals surface area contributed by atoms with Crippen LogP contribution in [0, 0.1) is 15.9 Å². The number of benzene rings is 1. The largest absolute Gasteiger partial charge is 0.379 e. The van der Waals surface area contributed by atoms with Crippen molar-refractivity contribution in [2.45, 2.75) is 6.54 Å². The Morgan fingerprint density at radius 2 is 2.15 bits per heavy atom. The van der Waals surface area contributed by atoms with Crippen LogP contribution in [0.1, 0.15) is 5.56 Å². The molecule has 0 atom stereocenters. The molecule has 0 fully saturated rings. The van der Waals surface area contributed by atoms with Gasteiger partial charge in [-0.1, -0.05) is 0 Å². The van der Waals surface area contributed by atoms with Crippen molar-refractivity contribution in [3.63, 3.8) is 0 Å². The van der Waals surface area contributed by atoms with Crippen molar-refractivity contribution in [3.8, 4) is 0 Å². The molecule has 112 valence electrons. The zero-order chi connectivity index (χ0) is 15.0. The third kappa shape index (κ3) is 6.05. The average molecular weight is 285 g/mol. The molecule has 6 nitrogen and oxygen atoms in total. The molecule has 0 aliphatic heterocycles. The number of nitrogens with one attached hydrogen (secondary N) is 1. The Hall–Kier alpha value is -1.57. The number of likely N-dealkylation sites (N-methyl/N-ethyl adjacent to an activating group) is 1. The Balaban J connectivity index is 2.31. The molecule has 1 aromatic rings. The first-order chi connectivity index (χ1) is 9.50. The number of rotatable bonds is 9. The summed E-state index contributed by atoms with van der Waals surface area (Å²) in [6.07, 6.45) is 0. The van der Waals surface area contributed by atoms with Gasteiger partial charge in [0.2, 0.25) is 0 Å². The van der Waals surface area contributed by atoms with E-state index in [9.17, 15) is 14.5 Å². The van der Waals surface area contributed by atoms with E-state index in [-0.39, 0.29) is 12.2 Å². The Kier molecular flexibility index (Phi) is 7.06. The van der Waals surface area contributed by atoms with Crippen LogP contribution in [0.3, 0.4) is 0 Å². The predicted octanol–water partition coefficient (Wildman–Crippen LogP) is 1.40. The van der Waals surface area contributed by atoms with Gasteiger partial charge in [-0.2, -0.15) is 0 Å². The highest BCUT2D eigenvalue weighted by Gasteiger charge is 2.13. The number of nitro groups is 1. The molecular weight excluding hydrogens is 265 g/mol. The summed E-state index contributed by atoms with van der Waals surface area (Å²) >= 11 is 0. The van der Waals surface area contributed by atoms with Crippen LogP contribution in [-0.2, 0) is 11.3 Å². The van der Waals surface area contributed by atoms with Gasteiger partial charge in [-0.3, -0.25) is 10.1 Å². The highest BCUT2D eigenvalue weighted by molar-refractivity contribution is 5.40. The monoisotopic (exact) mass is 285 g/mol. The van der Waals surface area contributed by atoms with E-state index < -0.39 is 10.7 Å². The highest BCUT2D eigenvalue weighted by atomic mass is 19.1. The fourth-order valence-corrected chi connectivity index (χ4v) is 1.59.